The molecule has 1 aromatic carbocycles. The summed E-state index contributed by atoms with van der Waals surface area (Å²) in [6, 6.07) is 8.57. The minimum absolute atomic E-state index is 0.0846. The van der Waals surface area contributed by atoms with Crippen molar-refractivity contribution in [3.63, 3.8) is 0 Å². The molecular weight excluding hydrogens is 273 g/mol. The number of carbonyl (C=O) groups is 2. The summed E-state index contributed by atoms with van der Waals surface area (Å²) in [5, 5.41) is 2.75. The van der Waals surface area contributed by atoms with Gasteiger partial charge in [-0.1, -0.05) is 0 Å². The minimum atomic E-state index is -0.392. The van der Waals surface area contributed by atoms with Crippen LogP contribution in [0.2, 0.25) is 0 Å². The topological polar surface area (TPSA) is 59.3 Å². The van der Waals surface area contributed by atoms with Crippen molar-refractivity contribution in [2.24, 2.45) is 0 Å². The number of benzene rings is 1. The minimum Gasteiger partial charge on any atom is -0.467 e. The van der Waals surface area contributed by atoms with Crippen LogP contribution in [0.4, 0.5) is 4.39 Å². The molecule has 110 valence electrons. The number of hydrogen-bond donors (Lipinski definition) is 1. The van der Waals surface area contributed by atoms with E-state index in [-0.39, 0.29) is 30.6 Å². The molecule has 2 aromatic rings. The van der Waals surface area contributed by atoms with E-state index in [2.05, 4.69) is 5.32 Å². The number of amides is 1. The zero-order valence-corrected chi connectivity index (χ0v) is 11.6. The molecule has 0 spiro atoms. The van der Waals surface area contributed by atoms with E-state index in [1.54, 1.807) is 19.1 Å². The molecule has 1 N–H and O–H groups in total. The Morgan fingerprint density at radius 3 is 2.52 bits per heavy atom. The molecule has 0 bridgehead atoms. The van der Waals surface area contributed by atoms with Gasteiger partial charge >= 0.3 is 0 Å². The van der Waals surface area contributed by atoms with E-state index in [0.717, 1.165) is 0 Å². The third kappa shape index (κ3) is 4.27. The fourth-order valence-corrected chi connectivity index (χ4v) is 1.93. The summed E-state index contributed by atoms with van der Waals surface area (Å²) >= 11 is 0. The molecule has 0 saturated heterocycles. The fourth-order valence-electron chi connectivity index (χ4n) is 1.93. The zero-order chi connectivity index (χ0) is 15.2. The smallest absolute Gasteiger partial charge is 0.221 e. The van der Waals surface area contributed by atoms with Crippen molar-refractivity contribution in [1.82, 2.24) is 5.32 Å². The highest BCUT2D eigenvalue weighted by Crippen LogP contribution is 2.13. The molecule has 1 aromatic heterocycles. The van der Waals surface area contributed by atoms with Gasteiger partial charge in [0.1, 0.15) is 11.6 Å². The van der Waals surface area contributed by atoms with Gasteiger partial charge in [0.2, 0.25) is 5.91 Å². The van der Waals surface area contributed by atoms with Gasteiger partial charge in [-0.25, -0.2) is 4.39 Å². The van der Waals surface area contributed by atoms with Crippen LogP contribution in [-0.4, -0.2) is 11.7 Å². The molecule has 1 heterocycles. The third-order valence-electron chi connectivity index (χ3n) is 3.09. The van der Waals surface area contributed by atoms with Gasteiger partial charge in [-0.15, -0.1) is 0 Å². The maximum Gasteiger partial charge on any atom is 0.221 e. The predicted molar refractivity (Wildman–Crippen MR) is 75.2 cm³/mol. The quantitative estimate of drug-likeness (QED) is 0.830. The van der Waals surface area contributed by atoms with E-state index in [4.69, 9.17) is 4.42 Å². The van der Waals surface area contributed by atoms with Gasteiger partial charge in [-0.2, -0.15) is 0 Å². The maximum atomic E-state index is 12.8. The van der Waals surface area contributed by atoms with Crippen LogP contribution in [0.1, 0.15) is 41.9 Å². The van der Waals surface area contributed by atoms with Gasteiger partial charge in [0.25, 0.3) is 0 Å². The molecule has 1 atom stereocenters. The van der Waals surface area contributed by atoms with Crippen molar-refractivity contribution in [3.05, 3.63) is 59.8 Å². The van der Waals surface area contributed by atoms with Crippen molar-refractivity contribution in [2.75, 3.05) is 0 Å². The summed E-state index contributed by atoms with van der Waals surface area (Å²) < 4.78 is 17.9. The van der Waals surface area contributed by atoms with Crippen LogP contribution in [-0.2, 0) is 4.79 Å². The lowest BCUT2D eigenvalue weighted by Crippen LogP contribution is -2.26. The second kappa shape index (κ2) is 6.83. The van der Waals surface area contributed by atoms with Crippen LogP contribution in [0, 0.1) is 5.82 Å². The molecule has 0 fully saturated rings. The normalized spacial score (nSPS) is 11.9. The van der Waals surface area contributed by atoms with Gasteiger partial charge in [0.15, 0.2) is 5.78 Å². The van der Waals surface area contributed by atoms with E-state index < -0.39 is 5.82 Å². The fraction of sp³-hybridized carbons (Fsp3) is 0.250. The van der Waals surface area contributed by atoms with Crippen molar-refractivity contribution in [1.29, 1.82) is 0 Å². The van der Waals surface area contributed by atoms with Crippen molar-refractivity contribution < 1.29 is 18.4 Å². The van der Waals surface area contributed by atoms with Gasteiger partial charge in [0.05, 0.1) is 12.3 Å². The summed E-state index contributed by atoms with van der Waals surface area (Å²) in [6.07, 6.45) is 1.71. The number of nitrogens with one attached hydrogen (secondary N) is 1. The number of halogens is 1. The largest absolute Gasteiger partial charge is 0.467 e. The van der Waals surface area contributed by atoms with E-state index in [1.807, 2.05) is 0 Å². The first-order valence-electron chi connectivity index (χ1n) is 6.68. The Morgan fingerprint density at radius 1 is 1.19 bits per heavy atom. The lowest BCUT2D eigenvalue weighted by Gasteiger charge is -2.11. The highest BCUT2D eigenvalue weighted by atomic mass is 19.1. The van der Waals surface area contributed by atoms with Crippen molar-refractivity contribution in [3.8, 4) is 0 Å². The molecule has 21 heavy (non-hydrogen) atoms. The molecule has 1 amide bonds. The molecule has 0 radical (unpaired) electrons. The molecule has 0 saturated carbocycles. The van der Waals surface area contributed by atoms with Crippen LogP contribution in [0.15, 0.2) is 47.1 Å². The Balaban J connectivity index is 1.81. The summed E-state index contributed by atoms with van der Waals surface area (Å²) in [4.78, 5) is 23.6. The van der Waals surface area contributed by atoms with Crippen LogP contribution >= 0.6 is 0 Å². The third-order valence-corrected chi connectivity index (χ3v) is 3.09. The van der Waals surface area contributed by atoms with Gasteiger partial charge in [-0.05, 0) is 43.3 Å². The van der Waals surface area contributed by atoms with Gasteiger partial charge < -0.3 is 9.73 Å². The Kier molecular flexibility index (Phi) is 4.87. The van der Waals surface area contributed by atoms with Crippen molar-refractivity contribution in [2.45, 2.75) is 25.8 Å². The average Bonchev–Trinajstić information content (AvgIpc) is 3.00. The zero-order valence-electron chi connectivity index (χ0n) is 11.6. The van der Waals surface area contributed by atoms with Gasteiger partial charge in [-0.3, -0.25) is 9.59 Å². The number of hydrogen-bond acceptors (Lipinski definition) is 3. The van der Waals surface area contributed by atoms with E-state index in [0.29, 0.717) is 11.3 Å². The predicted octanol–water partition coefficient (Wildman–Crippen LogP) is 3.26. The molecule has 0 aliphatic carbocycles. The lowest BCUT2D eigenvalue weighted by molar-refractivity contribution is -0.121. The average molecular weight is 289 g/mol. The Labute approximate surface area is 122 Å². The summed E-state index contributed by atoms with van der Waals surface area (Å²) in [6.45, 7) is 1.80. The molecular formula is C16H16FNO3. The van der Waals surface area contributed by atoms with Crippen LogP contribution < -0.4 is 5.32 Å². The number of Topliss-reactive ketones (excluding diaryl/α,β-unsaturated/α-hetero) is 1. The standard InChI is InChI=1S/C16H16FNO3/c1-11(15-3-2-10-21-15)18-16(20)9-8-14(19)12-4-6-13(17)7-5-12/h2-7,10-11H,8-9H2,1H3,(H,18,20)/t11-/m0/s1. The van der Waals surface area contributed by atoms with E-state index in [9.17, 15) is 14.0 Å². The van der Waals surface area contributed by atoms with Crippen LogP contribution in [0.3, 0.4) is 0 Å². The number of rotatable bonds is 6. The second-order valence-electron chi connectivity index (χ2n) is 4.73. The Hall–Kier alpha value is -2.43. The summed E-state index contributed by atoms with van der Waals surface area (Å²) in [5.41, 5.74) is 0.406. The van der Waals surface area contributed by atoms with Crippen LogP contribution in [0.5, 0.6) is 0 Å². The first kappa shape index (κ1) is 15.0. The van der Waals surface area contributed by atoms with Gasteiger partial charge in [0, 0.05) is 18.4 Å². The first-order valence-corrected chi connectivity index (χ1v) is 6.68. The highest BCUT2D eigenvalue weighted by Gasteiger charge is 2.13. The summed E-state index contributed by atoms with van der Waals surface area (Å²) in [5.74, 6) is -0.144. The molecule has 0 unspecified atom stereocenters. The Morgan fingerprint density at radius 2 is 1.90 bits per heavy atom. The molecule has 0 aliphatic heterocycles. The monoisotopic (exact) mass is 289 g/mol. The van der Waals surface area contributed by atoms with E-state index >= 15 is 0 Å². The number of ketones is 1. The first-order chi connectivity index (χ1) is 10.1. The molecule has 0 aliphatic rings. The van der Waals surface area contributed by atoms with Crippen molar-refractivity contribution >= 4 is 11.7 Å². The van der Waals surface area contributed by atoms with E-state index in [1.165, 1.54) is 30.5 Å². The number of furan rings is 1. The molecule has 2 rings (SSSR count). The highest BCUT2D eigenvalue weighted by molar-refractivity contribution is 5.97. The SMILES string of the molecule is C[C@H](NC(=O)CCC(=O)c1ccc(F)cc1)c1ccco1. The Bertz CT molecular complexity index is 605. The molecule has 5 heteroatoms. The number of carbonyl (C=O) groups excluding carboxylic acids is 2. The summed E-state index contributed by atoms with van der Waals surface area (Å²) in [7, 11) is 0. The second-order valence-corrected chi connectivity index (χ2v) is 4.73. The molecule has 4 nitrogen and oxygen atoms in total. The lowest BCUT2D eigenvalue weighted by atomic mass is 10.1. The maximum absolute atomic E-state index is 12.8. The van der Waals surface area contributed by atoms with Crippen LogP contribution in [0.25, 0.3) is 0 Å².